The first-order valence-corrected chi connectivity index (χ1v) is 3.14. The number of nitrogens with two attached hydrogens (primary N) is 1. The van der Waals surface area contributed by atoms with E-state index in [0.29, 0.717) is 0 Å². The topological polar surface area (TPSA) is 38.0 Å². The molecule has 0 heterocycles. The Kier molecular flexibility index (Phi) is 1.90. The van der Waals surface area contributed by atoms with E-state index in [4.69, 9.17) is 5.73 Å². The summed E-state index contributed by atoms with van der Waals surface area (Å²) in [5.74, 6) is 0. The van der Waals surface area contributed by atoms with E-state index in [0.717, 1.165) is 12.1 Å². The number of likely N-dealkylation sites (N-methyl/N-ethyl adjacent to an activating group) is 1. The maximum atomic E-state index is 5.71. The fourth-order valence-corrected chi connectivity index (χ4v) is 0.916. The molecule has 2 heteroatoms. The van der Waals surface area contributed by atoms with Gasteiger partial charge in [-0.3, -0.25) is 0 Å². The molecule has 9 heavy (non-hydrogen) atoms. The van der Waals surface area contributed by atoms with Crippen molar-refractivity contribution in [2.45, 2.75) is 12.5 Å². The van der Waals surface area contributed by atoms with Crippen LogP contribution in [0.1, 0.15) is 6.42 Å². The Bertz CT molecular complexity index is 147. The van der Waals surface area contributed by atoms with E-state index in [-0.39, 0.29) is 6.04 Å². The Morgan fingerprint density at radius 2 is 2.56 bits per heavy atom. The first-order chi connectivity index (χ1) is 4.34. The van der Waals surface area contributed by atoms with Crippen LogP contribution in [0.15, 0.2) is 23.9 Å². The van der Waals surface area contributed by atoms with Gasteiger partial charge in [-0.1, -0.05) is 12.2 Å². The molecule has 1 unspecified atom stereocenters. The summed E-state index contributed by atoms with van der Waals surface area (Å²) in [6.45, 7) is 0. The molecule has 3 N–H and O–H groups in total. The van der Waals surface area contributed by atoms with Crippen molar-refractivity contribution >= 4 is 0 Å². The van der Waals surface area contributed by atoms with E-state index in [9.17, 15) is 0 Å². The van der Waals surface area contributed by atoms with Crippen LogP contribution in [0.3, 0.4) is 0 Å². The standard InChI is InChI=1S/C7H12N2/c1-9-7-5-3-2-4-6(7)8/h2-3,5-6,9H,4,8H2,1H3. The molecule has 2 nitrogen and oxygen atoms in total. The highest BCUT2D eigenvalue weighted by atomic mass is 14.9. The number of hydrogen-bond acceptors (Lipinski definition) is 2. The van der Waals surface area contributed by atoms with Gasteiger partial charge in [0, 0.05) is 18.8 Å². The van der Waals surface area contributed by atoms with Crippen LogP contribution in [0.4, 0.5) is 0 Å². The maximum absolute atomic E-state index is 5.71. The van der Waals surface area contributed by atoms with Crippen LogP contribution in [0.2, 0.25) is 0 Å². The Morgan fingerprint density at radius 1 is 1.78 bits per heavy atom. The summed E-state index contributed by atoms with van der Waals surface area (Å²) >= 11 is 0. The van der Waals surface area contributed by atoms with E-state index in [1.54, 1.807) is 0 Å². The van der Waals surface area contributed by atoms with E-state index in [2.05, 4.69) is 11.4 Å². The van der Waals surface area contributed by atoms with Crippen LogP contribution in [-0.4, -0.2) is 13.1 Å². The summed E-state index contributed by atoms with van der Waals surface area (Å²) < 4.78 is 0. The zero-order valence-corrected chi connectivity index (χ0v) is 5.59. The van der Waals surface area contributed by atoms with E-state index >= 15 is 0 Å². The third kappa shape index (κ3) is 1.33. The number of allylic oxidation sites excluding steroid dienone is 2. The highest BCUT2D eigenvalue weighted by Gasteiger charge is 2.06. The molecule has 0 bridgehead atoms. The predicted molar refractivity (Wildman–Crippen MR) is 38.9 cm³/mol. The number of rotatable bonds is 1. The largest absolute Gasteiger partial charge is 0.390 e. The highest BCUT2D eigenvalue weighted by molar-refractivity contribution is 5.21. The van der Waals surface area contributed by atoms with Crippen LogP contribution in [0.25, 0.3) is 0 Å². The first-order valence-electron chi connectivity index (χ1n) is 3.14. The normalized spacial score (nSPS) is 25.6. The molecule has 1 atom stereocenters. The molecule has 0 radical (unpaired) electrons. The minimum Gasteiger partial charge on any atom is -0.390 e. The minimum absolute atomic E-state index is 0.181. The zero-order valence-electron chi connectivity index (χ0n) is 5.59. The molecule has 50 valence electrons. The van der Waals surface area contributed by atoms with Crippen molar-refractivity contribution in [1.82, 2.24) is 5.32 Å². The van der Waals surface area contributed by atoms with Gasteiger partial charge < -0.3 is 11.1 Å². The molecule has 0 amide bonds. The summed E-state index contributed by atoms with van der Waals surface area (Å²) in [5.41, 5.74) is 6.83. The van der Waals surface area contributed by atoms with Crippen molar-refractivity contribution in [2.75, 3.05) is 7.05 Å². The van der Waals surface area contributed by atoms with Crippen LogP contribution in [-0.2, 0) is 0 Å². The second-order valence-electron chi connectivity index (χ2n) is 2.14. The van der Waals surface area contributed by atoms with Gasteiger partial charge in [0.2, 0.25) is 0 Å². The van der Waals surface area contributed by atoms with Gasteiger partial charge in [0.25, 0.3) is 0 Å². The molecule has 0 aromatic heterocycles. The van der Waals surface area contributed by atoms with Crippen LogP contribution < -0.4 is 11.1 Å². The van der Waals surface area contributed by atoms with Crippen molar-refractivity contribution in [3.05, 3.63) is 23.9 Å². The van der Waals surface area contributed by atoms with Crippen LogP contribution >= 0.6 is 0 Å². The lowest BCUT2D eigenvalue weighted by atomic mass is 10.1. The van der Waals surface area contributed by atoms with E-state index < -0.39 is 0 Å². The van der Waals surface area contributed by atoms with Gasteiger partial charge in [0.15, 0.2) is 0 Å². The lowest BCUT2D eigenvalue weighted by molar-refractivity contribution is 0.712. The second-order valence-corrected chi connectivity index (χ2v) is 2.14. The quantitative estimate of drug-likeness (QED) is 0.530. The molecule has 1 aliphatic rings. The van der Waals surface area contributed by atoms with Gasteiger partial charge in [0.05, 0.1) is 0 Å². The van der Waals surface area contributed by atoms with Crippen LogP contribution in [0, 0.1) is 0 Å². The molecule has 0 aromatic carbocycles. The average molecular weight is 124 g/mol. The predicted octanol–water partition coefficient (Wildman–Crippen LogP) is 0.377. The van der Waals surface area contributed by atoms with E-state index in [1.165, 1.54) is 0 Å². The Labute approximate surface area is 55.4 Å². The van der Waals surface area contributed by atoms with Gasteiger partial charge in [-0.2, -0.15) is 0 Å². The molecule has 0 saturated heterocycles. The summed E-state index contributed by atoms with van der Waals surface area (Å²) in [4.78, 5) is 0. The summed E-state index contributed by atoms with van der Waals surface area (Å²) in [7, 11) is 1.89. The minimum atomic E-state index is 0.181. The highest BCUT2D eigenvalue weighted by Crippen LogP contribution is 2.06. The fraction of sp³-hybridized carbons (Fsp3) is 0.429. The Hall–Kier alpha value is -0.760. The average Bonchev–Trinajstić information content (AvgIpc) is 1.89. The summed E-state index contributed by atoms with van der Waals surface area (Å²) in [6, 6.07) is 0.181. The second kappa shape index (κ2) is 2.69. The number of hydrogen-bond donors (Lipinski definition) is 2. The molecule has 0 aromatic rings. The lowest BCUT2D eigenvalue weighted by Gasteiger charge is -2.15. The lowest BCUT2D eigenvalue weighted by Crippen LogP contribution is -2.30. The van der Waals surface area contributed by atoms with Gasteiger partial charge in [0.1, 0.15) is 0 Å². The molecule has 0 aliphatic heterocycles. The van der Waals surface area contributed by atoms with Crippen molar-refractivity contribution in [3.8, 4) is 0 Å². The maximum Gasteiger partial charge on any atom is 0.0479 e. The molecule has 1 rings (SSSR count). The number of nitrogens with one attached hydrogen (secondary N) is 1. The summed E-state index contributed by atoms with van der Waals surface area (Å²) in [5, 5.41) is 3.04. The first kappa shape index (κ1) is 6.36. The van der Waals surface area contributed by atoms with Gasteiger partial charge >= 0.3 is 0 Å². The van der Waals surface area contributed by atoms with Crippen molar-refractivity contribution in [3.63, 3.8) is 0 Å². The SMILES string of the molecule is CNC1=CC=CCC1N. The molecule has 1 aliphatic carbocycles. The Morgan fingerprint density at radius 3 is 3.00 bits per heavy atom. The molecule has 0 spiro atoms. The zero-order chi connectivity index (χ0) is 6.69. The van der Waals surface area contributed by atoms with Gasteiger partial charge in [-0.05, 0) is 12.5 Å². The smallest absolute Gasteiger partial charge is 0.0479 e. The monoisotopic (exact) mass is 124 g/mol. The Balaban J connectivity index is 2.63. The van der Waals surface area contributed by atoms with E-state index in [1.807, 2.05) is 19.2 Å². The fourth-order valence-electron chi connectivity index (χ4n) is 0.916. The van der Waals surface area contributed by atoms with Crippen molar-refractivity contribution in [1.29, 1.82) is 0 Å². The van der Waals surface area contributed by atoms with Gasteiger partial charge in [-0.25, -0.2) is 0 Å². The molecule has 0 fully saturated rings. The van der Waals surface area contributed by atoms with Crippen molar-refractivity contribution < 1.29 is 0 Å². The van der Waals surface area contributed by atoms with Crippen LogP contribution in [0.5, 0.6) is 0 Å². The van der Waals surface area contributed by atoms with Gasteiger partial charge in [-0.15, -0.1) is 0 Å². The summed E-state index contributed by atoms with van der Waals surface area (Å²) in [6.07, 6.45) is 7.06. The molecule has 0 saturated carbocycles. The molecular formula is C7H12N2. The molecular weight excluding hydrogens is 112 g/mol. The third-order valence-corrected chi connectivity index (χ3v) is 1.49. The van der Waals surface area contributed by atoms with Crippen molar-refractivity contribution in [2.24, 2.45) is 5.73 Å². The third-order valence-electron chi connectivity index (χ3n) is 1.49.